The molecular formula is C22H39NO2. The zero-order valence-corrected chi connectivity index (χ0v) is 16.5. The molecule has 0 aromatic heterocycles. The number of carbonyl (C=O) groups excluding carboxylic acids is 1. The highest BCUT2D eigenvalue weighted by molar-refractivity contribution is 5.81. The summed E-state index contributed by atoms with van der Waals surface area (Å²) in [6, 6.07) is 0. The Morgan fingerprint density at radius 3 is 2.08 bits per heavy atom. The summed E-state index contributed by atoms with van der Waals surface area (Å²) in [5, 5.41) is 0. The summed E-state index contributed by atoms with van der Waals surface area (Å²) in [4.78, 5) is 11.8. The number of rotatable bonds is 15. The molecule has 0 saturated carbocycles. The number of ether oxygens (including phenoxy) is 1. The molecule has 2 unspecified atom stereocenters. The number of primary amides is 1. The molecule has 0 radical (unpaired) electrons. The van der Waals surface area contributed by atoms with Crippen LogP contribution in [0.5, 0.6) is 0 Å². The maximum Gasteiger partial charge on any atom is 0.227 e. The third-order valence-electron chi connectivity index (χ3n) is 5.14. The minimum absolute atomic E-state index is 0.294. The Hall–Kier alpha value is -1.09. The van der Waals surface area contributed by atoms with Crippen LogP contribution in [0.1, 0.15) is 90.9 Å². The topological polar surface area (TPSA) is 52.3 Å². The quantitative estimate of drug-likeness (QED) is 0.386. The van der Waals surface area contributed by atoms with Crippen molar-refractivity contribution < 1.29 is 9.53 Å². The molecule has 2 atom stereocenters. The van der Waals surface area contributed by atoms with Crippen molar-refractivity contribution in [3.63, 3.8) is 0 Å². The standard InChI is InChI=1S/C22H39NO2/c1-3-5-6-7-8-9-10-11-12-15-19-25-22(17-4-2)18-14-13-16-20(22)21(23)24/h13-14,16,18,20H,3-12,15,17,19H2,1-2H3,(H2,23,24). The Balaban J connectivity index is 2.20. The first-order valence-corrected chi connectivity index (χ1v) is 10.5. The summed E-state index contributed by atoms with van der Waals surface area (Å²) in [6.45, 7) is 5.09. The third kappa shape index (κ3) is 8.22. The first kappa shape index (κ1) is 22.0. The van der Waals surface area contributed by atoms with Gasteiger partial charge < -0.3 is 10.5 Å². The predicted molar refractivity (Wildman–Crippen MR) is 106 cm³/mol. The summed E-state index contributed by atoms with van der Waals surface area (Å²) in [7, 11) is 0. The van der Waals surface area contributed by atoms with Crippen molar-refractivity contribution in [3.05, 3.63) is 24.3 Å². The first-order chi connectivity index (χ1) is 12.2. The highest BCUT2D eigenvalue weighted by Crippen LogP contribution is 2.33. The Bertz CT molecular complexity index is 416. The fourth-order valence-corrected chi connectivity index (χ4v) is 3.69. The molecule has 0 spiro atoms. The van der Waals surface area contributed by atoms with E-state index in [1.54, 1.807) is 0 Å². The number of hydrogen-bond donors (Lipinski definition) is 1. The Morgan fingerprint density at radius 1 is 0.920 bits per heavy atom. The van der Waals surface area contributed by atoms with Crippen LogP contribution in [-0.4, -0.2) is 18.1 Å². The molecule has 1 amide bonds. The van der Waals surface area contributed by atoms with Gasteiger partial charge in [-0.15, -0.1) is 0 Å². The summed E-state index contributed by atoms with van der Waals surface area (Å²) in [6.07, 6.45) is 22.7. The van der Waals surface area contributed by atoms with Crippen molar-refractivity contribution >= 4 is 5.91 Å². The number of unbranched alkanes of at least 4 members (excludes halogenated alkanes) is 9. The summed E-state index contributed by atoms with van der Waals surface area (Å²) < 4.78 is 6.22. The summed E-state index contributed by atoms with van der Waals surface area (Å²) >= 11 is 0. The van der Waals surface area contributed by atoms with E-state index in [-0.39, 0.29) is 11.8 Å². The van der Waals surface area contributed by atoms with Crippen molar-refractivity contribution in [3.8, 4) is 0 Å². The Morgan fingerprint density at radius 2 is 1.52 bits per heavy atom. The lowest BCUT2D eigenvalue weighted by Gasteiger charge is -2.37. The van der Waals surface area contributed by atoms with Crippen molar-refractivity contribution in [2.75, 3.05) is 6.61 Å². The van der Waals surface area contributed by atoms with Gasteiger partial charge in [-0.2, -0.15) is 0 Å². The van der Waals surface area contributed by atoms with E-state index in [0.717, 1.165) is 19.3 Å². The van der Waals surface area contributed by atoms with Gasteiger partial charge in [0.1, 0.15) is 5.60 Å². The molecule has 0 aromatic rings. The first-order valence-electron chi connectivity index (χ1n) is 10.5. The van der Waals surface area contributed by atoms with Crippen LogP contribution in [0.2, 0.25) is 0 Å². The van der Waals surface area contributed by atoms with Crippen molar-refractivity contribution in [1.29, 1.82) is 0 Å². The van der Waals surface area contributed by atoms with Gasteiger partial charge in [0.05, 0.1) is 5.92 Å². The zero-order valence-electron chi connectivity index (χ0n) is 16.5. The highest BCUT2D eigenvalue weighted by Gasteiger charge is 2.39. The molecule has 0 aromatic carbocycles. The van der Waals surface area contributed by atoms with E-state index < -0.39 is 5.60 Å². The van der Waals surface area contributed by atoms with Crippen LogP contribution in [0.3, 0.4) is 0 Å². The normalized spacial score (nSPS) is 22.4. The summed E-state index contributed by atoms with van der Waals surface area (Å²) in [5.41, 5.74) is 5.06. The van der Waals surface area contributed by atoms with Crippen molar-refractivity contribution in [1.82, 2.24) is 0 Å². The smallest absolute Gasteiger partial charge is 0.227 e. The molecular weight excluding hydrogens is 310 g/mol. The van der Waals surface area contributed by atoms with Gasteiger partial charge >= 0.3 is 0 Å². The molecule has 1 rings (SSSR count). The van der Waals surface area contributed by atoms with E-state index in [0.29, 0.717) is 6.61 Å². The maximum absolute atomic E-state index is 11.8. The van der Waals surface area contributed by atoms with Crippen LogP contribution < -0.4 is 5.73 Å². The van der Waals surface area contributed by atoms with Crippen LogP contribution in [0, 0.1) is 5.92 Å². The van der Waals surface area contributed by atoms with Gasteiger partial charge in [0, 0.05) is 6.61 Å². The molecule has 0 saturated heterocycles. The molecule has 3 heteroatoms. The van der Waals surface area contributed by atoms with Crippen molar-refractivity contribution in [2.45, 2.75) is 96.5 Å². The summed E-state index contributed by atoms with van der Waals surface area (Å²) in [5.74, 6) is -0.641. The molecule has 2 N–H and O–H groups in total. The van der Waals surface area contributed by atoms with Crippen LogP contribution in [0.4, 0.5) is 0 Å². The molecule has 0 bridgehead atoms. The average molecular weight is 350 g/mol. The predicted octanol–water partition coefficient (Wildman–Crippen LogP) is 5.69. The number of hydrogen-bond acceptors (Lipinski definition) is 2. The molecule has 144 valence electrons. The van der Waals surface area contributed by atoms with Gasteiger partial charge in [-0.05, 0) is 12.8 Å². The van der Waals surface area contributed by atoms with Crippen molar-refractivity contribution in [2.24, 2.45) is 11.7 Å². The van der Waals surface area contributed by atoms with E-state index in [1.165, 1.54) is 57.8 Å². The number of allylic oxidation sites excluding steroid dienone is 2. The largest absolute Gasteiger partial charge is 0.370 e. The molecule has 0 fully saturated rings. The van der Waals surface area contributed by atoms with E-state index in [1.807, 2.05) is 24.3 Å². The van der Waals surface area contributed by atoms with E-state index >= 15 is 0 Å². The number of nitrogens with two attached hydrogens (primary N) is 1. The molecule has 0 heterocycles. The van der Waals surface area contributed by atoms with Gasteiger partial charge in [0.2, 0.25) is 5.91 Å². The monoisotopic (exact) mass is 349 g/mol. The fraction of sp³-hybridized carbons (Fsp3) is 0.773. The minimum atomic E-state index is -0.533. The number of carbonyl (C=O) groups is 1. The maximum atomic E-state index is 11.8. The Kier molecular flexibility index (Phi) is 11.6. The molecule has 1 aliphatic rings. The highest BCUT2D eigenvalue weighted by atomic mass is 16.5. The Labute approximate surface area is 155 Å². The molecule has 3 nitrogen and oxygen atoms in total. The van der Waals surface area contributed by atoms with Crippen LogP contribution in [-0.2, 0) is 9.53 Å². The second kappa shape index (κ2) is 13.2. The van der Waals surface area contributed by atoms with Crippen LogP contribution in [0.25, 0.3) is 0 Å². The molecule has 0 aliphatic heterocycles. The van der Waals surface area contributed by atoms with Gasteiger partial charge in [0.25, 0.3) is 0 Å². The lowest BCUT2D eigenvalue weighted by molar-refractivity contribution is -0.130. The van der Waals surface area contributed by atoms with E-state index in [4.69, 9.17) is 10.5 Å². The zero-order chi connectivity index (χ0) is 18.4. The van der Waals surface area contributed by atoms with Gasteiger partial charge in [0.15, 0.2) is 0 Å². The lowest BCUT2D eigenvalue weighted by atomic mass is 9.80. The van der Waals surface area contributed by atoms with E-state index in [2.05, 4.69) is 13.8 Å². The molecule has 25 heavy (non-hydrogen) atoms. The minimum Gasteiger partial charge on any atom is -0.370 e. The fourth-order valence-electron chi connectivity index (χ4n) is 3.69. The lowest BCUT2D eigenvalue weighted by Crippen LogP contribution is -2.46. The van der Waals surface area contributed by atoms with Crippen LogP contribution in [0.15, 0.2) is 24.3 Å². The number of amides is 1. The molecule has 1 aliphatic carbocycles. The third-order valence-corrected chi connectivity index (χ3v) is 5.14. The second-order valence-corrected chi connectivity index (χ2v) is 7.36. The van der Waals surface area contributed by atoms with Crippen LogP contribution >= 0.6 is 0 Å². The SMILES string of the molecule is CCCCCCCCCCCCOC1(CCC)C=CC=CC1C(N)=O. The average Bonchev–Trinajstić information content (AvgIpc) is 2.60. The van der Waals surface area contributed by atoms with E-state index in [9.17, 15) is 4.79 Å². The van der Waals surface area contributed by atoms with Gasteiger partial charge in [-0.3, -0.25) is 4.79 Å². The van der Waals surface area contributed by atoms with Gasteiger partial charge in [-0.25, -0.2) is 0 Å². The van der Waals surface area contributed by atoms with Gasteiger partial charge in [-0.1, -0.05) is 102 Å². The second-order valence-electron chi connectivity index (χ2n) is 7.36.